The van der Waals surface area contributed by atoms with Crippen LogP contribution in [0.5, 0.6) is 0 Å². The number of rotatable bonds is 7. The highest BCUT2D eigenvalue weighted by Gasteiger charge is 2.37. The first-order chi connectivity index (χ1) is 11.9. The first-order valence-corrected chi connectivity index (χ1v) is 9.80. The molecule has 1 saturated carbocycles. The summed E-state index contributed by atoms with van der Waals surface area (Å²) in [5.74, 6) is 0.425. The van der Waals surface area contributed by atoms with E-state index in [1.54, 1.807) is 0 Å². The van der Waals surface area contributed by atoms with Crippen LogP contribution in [0.2, 0.25) is 0 Å². The van der Waals surface area contributed by atoms with Crippen molar-refractivity contribution in [1.29, 1.82) is 5.26 Å². The molecular formula is C19H35N5O. The van der Waals surface area contributed by atoms with Crippen LogP contribution in [0.4, 0.5) is 0 Å². The molecule has 2 fully saturated rings. The number of hydrogen-bond donors (Lipinski definition) is 2. The van der Waals surface area contributed by atoms with Gasteiger partial charge in [0.25, 0.3) is 0 Å². The van der Waals surface area contributed by atoms with Crippen LogP contribution in [0, 0.1) is 17.2 Å². The lowest BCUT2D eigenvalue weighted by Gasteiger charge is -2.38. The number of nitrogens with two attached hydrogens (primary N) is 1. The van der Waals surface area contributed by atoms with Crippen molar-refractivity contribution in [2.45, 2.75) is 62.9 Å². The van der Waals surface area contributed by atoms with Crippen molar-refractivity contribution in [1.82, 2.24) is 15.1 Å². The molecule has 1 heterocycles. The molecule has 0 spiro atoms. The van der Waals surface area contributed by atoms with Gasteiger partial charge in [-0.3, -0.25) is 4.79 Å². The smallest absolute Gasteiger partial charge is 0.238 e. The fourth-order valence-corrected chi connectivity index (χ4v) is 3.98. The second-order valence-electron chi connectivity index (χ2n) is 8.17. The Morgan fingerprint density at radius 2 is 1.96 bits per heavy atom. The summed E-state index contributed by atoms with van der Waals surface area (Å²) in [4.78, 5) is 17.1. The molecule has 0 bridgehead atoms. The summed E-state index contributed by atoms with van der Waals surface area (Å²) < 4.78 is 0. The van der Waals surface area contributed by atoms with Gasteiger partial charge in [-0.15, -0.1) is 0 Å². The Hall–Kier alpha value is -1.16. The normalized spacial score (nSPS) is 23.2. The van der Waals surface area contributed by atoms with Crippen molar-refractivity contribution in [2.24, 2.45) is 11.7 Å². The zero-order chi connectivity index (χ0) is 18.3. The third-order valence-electron chi connectivity index (χ3n) is 5.80. The zero-order valence-corrected chi connectivity index (χ0v) is 16.0. The van der Waals surface area contributed by atoms with Crippen LogP contribution in [0.3, 0.4) is 0 Å². The summed E-state index contributed by atoms with van der Waals surface area (Å²) in [5, 5.41) is 12.7. The number of hydrogen-bond acceptors (Lipinski definition) is 5. The number of piperidine rings is 1. The van der Waals surface area contributed by atoms with Crippen LogP contribution < -0.4 is 11.1 Å². The molecule has 6 nitrogen and oxygen atoms in total. The van der Waals surface area contributed by atoms with Crippen LogP contribution in [-0.4, -0.2) is 67.6 Å². The molecule has 3 N–H and O–H groups in total. The van der Waals surface area contributed by atoms with E-state index in [-0.39, 0.29) is 5.91 Å². The van der Waals surface area contributed by atoms with Crippen molar-refractivity contribution in [3.63, 3.8) is 0 Å². The largest absolute Gasteiger partial charge is 0.336 e. The minimum Gasteiger partial charge on any atom is -0.336 e. The monoisotopic (exact) mass is 349 g/mol. The van der Waals surface area contributed by atoms with Gasteiger partial charge in [0, 0.05) is 26.2 Å². The molecule has 1 saturated heterocycles. The van der Waals surface area contributed by atoms with Crippen LogP contribution >= 0.6 is 0 Å². The van der Waals surface area contributed by atoms with E-state index in [1.807, 2.05) is 0 Å². The van der Waals surface area contributed by atoms with Crippen LogP contribution in [0.1, 0.15) is 51.4 Å². The van der Waals surface area contributed by atoms with E-state index in [0.29, 0.717) is 18.8 Å². The maximum atomic E-state index is 12.5. The molecule has 1 amide bonds. The quantitative estimate of drug-likeness (QED) is 0.724. The molecule has 2 aliphatic rings. The van der Waals surface area contributed by atoms with Gasteiger partial charge in [0.15, 0.2) is 0 Å². The van der Waals surface area contributed by atoms with Crippen LogP contribution in [0.15, 0.2) is 0 Å². The Bertz CT molecular complexity index is 459. The predicted octanol–water partition coefficient (Wildman–Crippen LogP) is 1.32. The predicted molar refractivity (Wildman–Crippen MR) is 99.9 cm³/mol. The molecular weight excluding hydrogens is 314 g/mol. The third kappa shape index (κ3) is 6.25. The van der Waals surface area contributed by atoms with E-state index in [9.17, 15) is 10.1 Å². The van der Waals surface area contributed by atoms with E-state index in [2.05, 4.69) is 35.3 Å². The molecule has 2 rings (SSSR count). The molecule has 25 heavy (non-hydrogen) atoms. The second kappa shape index (κ2) is 9.51. The van der Waals surface area contributed by atoms with Gasteiger partial charge in [0.2, 0.25) is 5.91 Å². The van der Waals surface area contributed by atoms with E-state index < -0.39 is 11.6 Å². The Balaban J connectivity index is 1.80. The van der Waals surface area contributed by atoms with Crippen molar-refractivity contribution in [3.8, 4) is 6.07 Å². The lowest BCUT2D eigenvalue weighted by Crippen LogP contribution is -2.58. The number of nitrogens with zero attached hydrogens (tertiary/aromatic N) is 3. The van der Waals surface area contributed by atoms with E-state index >= 15 is 0 Å². The van der Waals surface area contributed by atoms with E-state index in [0.717, 1.165) is 32.6 Å². The standard InChI is InChI=1S/C19H35N5O/c1-23(2)12-13-24-10-8-19(15-20,9-11-24)22-18(25)17(21)14-16-6-4-3-5-7-16/h16-17H,3-14,21H2,1-2H3,(H,22,25). The van der Waals surface area contributed by atoms with Gasteiger partial charge < -0.3 is 20.9 Å². The van der Waals surface area contributed by atoms with Crippen LogP contribution in [-0.2, 0) is 4.79 Å². The first kappa shape index (κ1) is 20.2. The Morgan fingerprint density at radius 1 is 1.32 bits per heavy atom. The molecule has 6 heteroatoms. The molecule has 1 unspecified atom stereocenters. The summed E-state index contributed by atoms with van der Waals surface area (Å²) in [7, 11) is 4.13. The Morgan fingerprint density at radius 3 is 2.52 bits per heavy atom. The van der Waals surface area contributed by atoms with Crippen molar-refractivity contribution in [2.75, 3.05) is 40.3 Å². The first-order valence-electron chi connectivity index (χ1n) is 9.80. The summed E-state index contributed by atoms with van der Waals surface area (Å²) in [6.07, 6.45) is 8.30. The van der Waals surface area contributed by atoms with Crippen LogP contribution in [0.25, 0.3) is 0 Å². The summed E-state index contributed by atoms with van der Waals surface area (Å²) in [6.45, 7) is 3.71. The van der Waals surface area contributed by atoms with Crippen molar-refractivity contribution >= 4 is 5.91 Å². The average Bonchev–Trinajstić information content (AvgIpc) is 2.62. The van der Waals surface area contributed by atoms with Gasteiger partial charge >= 0.3 is 0 Å². The lowest BCUT2D eigenvalue weighted by atomic mass is 9.84. The average molecular weight is 350 g/mol. The molecule has 142 valence electrons. The number of amides is 1. The maximum absolute atomic E-state index is 12.5. The van der Waals surface area contributed by atoms with E-state index in [4.69, 9.17) is 5.73 Å². The van der Waals surface area contributed by atoms with Crippen molar-refractivity contribution in [3.05, 3.63) is 0 Å². The van der Waals surface area contributed by atoms with Gasteiger partial charge in [-0.05, 0) is 39.3 Å². The summed E-state index contributed by atoms with van der Waals surface area (Å²) in [5.41, 5.74) is 5.41. The zero-order valence-electron chi connectivity index (χ0n) is 16.0. The second-order valence-corrected chi connectivity index (χ2v) is 8.17. The fraction of sp³-hybridized carbons (Fsp3) is 0.895. The summed E-state index contributed by atoms with van der Waals surface area (Å²) >= 11 is 0. The molecule has 0 aromatic heterocycles. The number of likely N-dealkylation sites (N-methyl/N-ethyl adjacent to an activating group) is 1. The molecule has 0 radical (unpaired) electrons. The molecule has 0 aromatic rings. The number of likely N-dealkylation sites (tertiary alicyclic amines) is 1. The molecule has 0 aromatic carbocycles. The van der Waals surface area contributed by atoms with E-state index in [1.165, 1.54) is 32.1 Å². The van der Waals surface area contributed by atoms with Gasteiger partial charge in [0.1, 0.15) is 5.54 Å². The highest BCUT2D eigenvalue weighted by atomic mass is 16.2. The fourth-order valence-electron chi connectivity index (χ4n) is 3.98. The highest BCUT2D eigenvalue weighted by Crippen LogP contribution is 2.27. The van der Waals surface area contributed by atoms with Gasteiger partial charge in [0.05, 0.1) is 12.1 Å². The third-order valence-corrected chi connectivity index (χ3v) is 5.80. The number of nitriles is 1. The maximum Gasteiger partial charge on any atom is 0.238 e. The van der Waals surface area contributed by atoms with Crippen molar-refractivity contribution < 1.29 is 4.79 Å². The highest BCUT2D eigenvalue weighted by molar-refractivity contribution is 5.82. The summed E-state index contributed by atoms with van der Waals surface area (Å²) in [6, 6.07) is 1.88. The number of carbonyl (C=O) groups is 1. The Kier molecular flexibility index (Phi) is 7.67. The minimum atomic E-state index is -0.740. The molecule has 1 aliphatic carbocycles. The van der Waals surface area contributed by atoms with Gasteiger partial charge in [-0.2, -0.15) is 5.26 Å². The topological polar surface area (TPSA) is 85.4 Å². The number of carbonyl (C=O) groups excluding carboxylic acids is 1. The lowest BCUT2D eigenvalue weighted by molar-refractivity contribution is -0.124. The Labute approximate surface area is 152 Å². The minimum absolute atomic E-state index is 0.145. The van der Waals surface area contributed by atoms with Gasteiger partial charge in [-0.25, -0.2) is 0 Å². The molecule has 1 atom stereocenters. The van der Waals surface area contributed by atoms with Gasteiger partial charge in [-0.1, -0.05) is 32.1 Å². The SMILES string of the molecule is CN(C)CCN1CCC(C#N)(NC(=O)C(N)CC2CCCCC2)CC1. The number of nitrogens with one attached hydrogen (secondary N) is 1. The molecule has 1 aliphatic heterocycles.